The van der Waals surface area contributed by atoms with E-state index in [9.17, 15) is 0 Å². The van der Waals surface area contributed by atoms with Crippen molar-refractivity contribution < 1.29 is 0 Å². The minimum atomic E-state index is 0.697. The zero-order chi connectivity index (χ0) is 33.7. The molecule has 3 nitrogen and oxygen atoms in total. The van der Waals surface area contributed by atoms with Crippen LogP contribution in [-0.4, -0.2) is 15.0 Å². The van der Waals surface area contributed by atoms with Crippen LogP contribution in [0.1, 0.15) is 0 Å². The van der Waals surface area contributed by atoms with Crippen LogP contribution in [0.25, 0.3) is 98.1 Å². The maximum absolute atomic E-state index is 5.47. The second kappa shape index (κ2) is 12.1. The lowest BCUT2D eigenvalue weighted by Crippen LogP contribution is -1.96. The maximum atomic E-state index is 5.47. The lowest BCUT2D eigenvalue weighted by atomic mass is 9.98. The largest absolute Gasteiger partial charge is 0.246 e. The van der Waals surface area contributed by atoms with Crippen molar-refractivity contribution in [2.45, 2.75) is 0 Å². The Morgan fingerprint density at radius 2 is 0.980 bits per heavy atom. The van der Waals surface area contributed by atoms with Gasteiger partial charge in [-0.1, -0.05) is 158 Å². The van der Waals surface area contributed by atoms with Gasteiger partial charge in [0.15, 0.2) is 5.82 Å². The molecule has 238 valence electrons. The molecular formula is C47H29N3S. The summed E-state index contributed by atoms with van der Waals surface area (Å²) in [5.74, 6) is 0.697. The average Bonchev–Trinajstić information content (AvgIpc) is 3.61. The van der Waals surface area contributed by atoms with E-state index in [1.165, 1.54) is 42.1 Å². The summed E-state index contributed by atoms with van der Waals surface area (Å²) in [6.07, 6.45) is 0. The molecule has 0 spiro atoms. The molecule has 0 aliphatic rings. The highest BCUT2D eigenvalue weighted by molar-refractivity contribution is 7.26. The first kappa shape index (κ1) is 29.4. The highest BCUT2D eigenvalue weighted by Crippen LogP contribution is 2.44. The summed E-state index contributed by atoms with van der Waals surface area (Å²) in [6.45, 7) is 0. The molecule has 4 heteroatoms. The van der Waals surface area contributed by atoms with Crippen molar-refractivity contribution in [3.05, 3.63) is 176 Å². The summed E-state index contributed by atoms with van der Waals surface area (Å²) >= 11 is 1.82. The summed E-state index contributed by atoms with van der Waals surface area (Å²) in [4.78, 5) is 15.7. The lowest BCUT2D eigenvalue weighted by Gasteiger charge is -2.12. The maximum Gasteiger partial charge on any atom is 0.160 e. The molecule has 0 saturated carbocycles. The lowest BCUT2D eigenvalue weighted by molar-refractivity contribution is 1.18. The average molecular weight is 668 g/mol. The number of fused-ring (bicyclic) bond motifs is 7. The van der Waals surface area contributed by atoms with E-state index in [1.54, 1.807) is 0 Å². The fourth-order valence-corrected chi connectivity index (χ4v) is 8.39. The summed E-state index contributed by atoms with van der Waals surface area (Å²) in [6, 6.07) is 61.8. The third-order valence-electron chi connectivity index (χ3n) is 9.68. The molecule has 10 rings (SSSR count). The first-order valence-electron chi connectivity index (χ1n) is 17.1. The monoisotopic (exact) mass is 667 g/mol. The van der Waals surface area contributed by atoms with Gasteiger partial charge in [-0.15, -0.1) is 11.3 Å². The van der Waals surface area contributed by atoms with Gasteiger partial charge in [0.2, 0.25) is 0 Å². The Balaban J connectivity index is 1.16. The van der Waals surface area contributed by atoms with Gasteiger partial charge in [0.1, 0.15) is 0 Å². The van der Waals surface area contributed by atoms with Gasteiger partial charge in [-0.05, 0) is 34.7 Å². The van der Waals surface area contributed by atoms with E-state index in [-0.39, 0.29) is 0 Å². The van der Waals surface area contributed by atoms with Crippen LogP contribution in [0.15, 0.2) is 176 Å². The number of hydrogen-bond acceptors (Lipinski definition) is 4. The van der Waals surface area contributed by atoms with Crippen LogP contribution in [0.3, 0.4) is 0 Å². The van der Waals surface area contributed by atoms with Crippen LogP contribution >= 0.6 is 11.3 Å². The first-order chi connectivity index (χ1) is 25.3. The Kier molecular flexibility index (Phi) is 7.00. The molecule has 0 amide bonds. The Morgan fingerprint density at radius 1 is 0.373 bits per heavy atom. The van der Waals surface area contributed by atoms with Crippen LogP contribution < -0.4 is 0 Å². The molecule has 3 aromatic heterocycles. The highest BCUT2D eigenvalue weighted by atomic mass is 32.1. The van der Waals surface area contributed by atoms with Crippen molar-refractivity contribution in [3.8, 4) is 56.3 Å². The van der Waals surface area contributed by atoms with Crippen LogP contribution in [0.2, 0.25) is 0 Å². The van der Waals surface area contributed by atoms with Crippen molar-refractivity contribution in [1.82, 2.24) is 15.0 Å². The number of rotatable bonds is 5. The molecule has 51 heavy (non-hydrogen) atoms. The minimum absolute atomic E-state index is 0.697. The van der Waals surface area contributed by atoms with E-state index in [0.29, 0.717) is 5.82 Å². The molecule has 0 aliphatic carbocycles. The zero-order valence-electron chi connectivity index (χ0n) is 27.5. The number of aromatic nitrogens is 3. The smallest absolute Gasteiger partial charge is 0.160 e. The van der Waals surface area contributed by atoms with E-state index in [2.05, 4.69) is 152 Å². The number of benzene rings is 7. The second-order valence-electron chi connectivity index (χ2n) is 12.8. The van der Waals surface area contributed by atoms with Gasteiger partial charge in [0, 0.05) is 48.5 Å². The molecule has 3 heterocycles. The molecule has 0 atom stereocenters. The molecule has 7 aromatic carbocycles. The molecule has 0 fully saturated rings. The van der Waals surface area contributed by atoms with Crippen molar-refractivity contribution in [1.29, 1.82) is 0 Å². The third kappa shape index (κ3) is 5.16. The molecule has 0 aliphatic heterocycles. The predicted molar refractivity (Wildman–Crippen MR) is 215 cm³/mol. The van der Waals surface area contributed by atoms with Crippen molar-refractivity contribution in [2.75, 3.05) is 0 Å². The molecule has 0 radical (unpaired) electrons. The summed E-state index contributed by atoms with van der Waals surface area (Å²) in [5.41, 5.74) is 10.2. The Labute approximate surface area is 299 Å². The second-order valence-corrected chi connectivity index (χ2v) is 13.9. The van der Waals surface area contributed by atoms with Gasteiger partial charge >= 0.3 is 0 Å². The fourth-order valence-electron chi connectivity index (χ4n) is 7.16. The fraction of sp³-hybridized carbons (Fsp3) is 0. The quantitative estimate of drug-likeness (QED) is 0.171. The molecule has 0 unspecified atom stereocenters. The zero-order valence-corrected chi connectivity index (χ0v) is 28.3. The van der Waals surface area contributed by atoms with E-state index in [1.807, 2.05) is 35.6 Å². The molecular weight excluding hydrogens is 639 g/mol. The van der Waals surface area contributed by atoms with Gasteiger partial charge in [0.25, 0.3) is 0 Å². The molecule has 0 bridgehead atoms. The SMILES string of the molecule is c1ccc(-c2ccc(-c3cc(-c4cccc(-c5nc6c7ccccc7ccc6c6c5sc5ccccc56)c4)nc(-c4ccccc4)n3)cc2)cc1. The summed E-state index contributed by atoms with van der Waals surface area (Å²) < 4.78 is 2.46. The standard InChI is InChI=1S/C47H29N3S/c1-3-12-30(13-4-1)31-22-24-33(25-23-31)40-29-41(49-47(48-40)34-15-5-2-6-16-34)35-17-11-18-36(28-35)44-46-43(38-20-9-10-21-42(38)51-46)39-27-26-32-14-7-8-19-37(32)45(39)50-44/h1-29H. The van der Waals surface area contributed by atoms with E-state index in [4.69, 9.17) is 15.0 Å². The molecule has 0 saturated heterocycles. The van der Waals surface area contributed by atoms with Crippen LogP contribution in [0.4, 0.5) is 0 Å². The number of thiophene rings is 1. The van der Waals surface area contributed by atoms with E-state index in [0.717, 1.165) is 50.2 Å². The number of pyridine rings is 1. The van der Waals surface area contributed by atoms with Crippen LogP contribution in [-0.2, 0) is 0 Å². The first-order valence-corrected chi connectivity index (χ1v) is 17.9. The topological polar surface area (TPSA) is 38.7 Å². The third-order valence-corrected chi connectivity index (χ3v) is 10.9. The van der Waals surface area contributed by atoms with Gasteiger partial charge in [-0.3, -0.25) is 0 Å². The van der Waals surface area contributed by atoms with Crippen molar-refractivity contribution in [2.24, 2.45) is 0 Å². The van der Waals surface area contributed by atoms with Crippen molar-refractivity contribution in [3.63, 3.8) is 0 Å². The van der Waals surface area contributed by atoms with Gasteiger partial charge in [-0.2, -0.15) is 0 Å². The number of nitrogens with zero attached hydrogens (tertiary/aromatic N) is 3. The van der Waals surface area contributed by atoms with E-state index < -0.39 is 0 Å². The van der Waals surface area contributed by atoms with Gasteiger partial charge in [0.05, 0.1) is 27.3 Å². The predicted octanol–water partition coefficient (Wildman–Crippen LogP) is 12.9. The number of hydrogen-bond donors (Lipinski definition) is 0. The van der Waals surface area contributed by atoms with Gasteiger partial charge < -0.3 is 0 Å². The highest BCUT2D eigenvalue weighted by Gasteiger charge is 2.18. The molecule has 10 aromatic rings. The van der Waals surface area contributed by atoms with E-state index >= 15 is 0 Å². The summed E-state index contributed by atoms with van der Waals surface area (Å²) in [7, 11) is 0. The van der Waals surface area contributed by atoms with Crippen molar-refractivity contribution >= 4 is 53.2 Å². The van der Waals surface area contributed by atoms with Gasteiger partial charge in [-0.25, -0.2) is 15.0 Å². The Bertz CT molecular complexity index is 2900. The minimum Gasteiger partial charge on any atom is -0.246 e. The van der Waals surface area contributed by atoms with Crippen LogP contribution in [0.5, 0.6) is 0 Å². The normalized spacial score (nSPS) is 11.5. The van der Waals surface area contributed by atoms with Crippen LogP contribution in [0, 0.1) is 0 Å². The Hall–Kier alpha value is -6.49. The molecule has 0 N–H and O–H groups in total. The Morgan fingerprint density at radius 3 is 1.78 bits per heavy atom. The summed E-state index contributed by atoms with van der Waals surface area (Å²) in [5, 5.41) is 6.07.